The number of rotatable bonds is 6. The van der Waals surface area contributed by atoms with Crippen molar-refractivity contribution in [3.63, 3.8) is 0 Å². The van der Waals surface area contributed by atoms with E-state index in [0.29, 0.717) is 43.5 Å². The van der Waals surface area contributed by atoms with Crippen molar-refractivity contribution in [1.29, 1.82) is 5.41 Å². The molecule has 0 aliphatic carbocycles. The quantitative estimate of drug-likeness (QED) is 0.266. The molecule has 3 N–H and O–H groups in total. The van der Waals surface area contributed by atoms with E-state index in [9.17, 15) is 13.9 Å². The Bertz CT molecular complexity index is 1470. The van der Waals surface area contributed by atoms with Gasteiger partial charge < -0.3 is 19.9 Å². The van der Waals surface area contributed by atoms with E-state index in [-0.39, 0.29) is 5.56 Å². The summed E-state index contributed by atoms with van der Waals surface area (Å²) in [6.07, 6.45) is 9.56. The van der Waals surface area contributed by atoms with Crippen LogP contribution in [0.15, 0.2) is 60.2 Å². The van der Waals surface area contributed by atoms with Crippen LogP contribution in [0.2, 0.25) is 0 Å². The molecule has 1 aliphatic heterocycles. The Morgan fingerprint density at radius 1 is 1.11 bits per heavy atom. The highest BCUT2D eigenvalue weighted by molar-refractivity contribution is 6.01. The van der Waals surface area contributed by atoms with E-state index in [2.05, 4.69) is 29.9 Å². The number of aromatic nitrogens is 5. The molecule has 196 valence electrons. The van der Waals surface area contributed by atoms with Gasteiger partial charge in [0.15, 0.2) is 5.84 Å². The second-order valence-corrected chi connectivity index (χ2v) is 9.23. The number of benzene rings is 1. The third-order valence-electron chi connectivity index (χ3n) is 6.67. The van der Waals surface area contributed by atoms with Crippen LogP contribution >= 0.6 is 0 Å². The van der Waals surface area contributed by atoms with Gasteiger partial charge in [-0.2, -0.15) is 5.10 Å². The molecule has 38 heavy (non-hydrogen) atoms. The van der Waals surface area contributed by atoms with Gasteiger partial charge in [0.05, 0.1) is 11.9 Å². The molecule has 0 amide bonds. The summed E-state index contributed by atoms with van der Waals surface area (Å²) >= 11 is 0. The van der Waals surface area contributed by atoms with E-state index in [4.69, 9.17) is 5.41 Å². The number of aliphatic hydroxyl groups is 1. The summed E-state index contributed by atoms with van der Waals surface area (Å²) in [5.74, 6) is -0.407. The Morgan fingerprint density at radius 3 is 2.47 bits per heavy atom. The second kappa shape index (κ2) is 10.1. The lowest BCUT2D eigenvalue weighted by molar-refractivity contribution is 0.0970. The largest absolute Gasteiger partial charge is 0.380 e. The van der Waals surface area contributed by atoms with Gasteiger partial charge in [-0.05, 0) is 25.1 Å². The third kappa shape index (κ3) is 4.90. The highest BCUT2D eigenvalue weighted by Crippen LogP contribution is 2.31. The minimum absolute atomic E-state index is 0.0575. The number of aryl methyl sites for hydroxylation is 1. The summed E-state index contributed by atoms with van der Waals surface area (Å²) in [5, 5.41) is 22.7. The summed E-state index contributed by atoms with van der Waals surface area (Å²) in [5.41, 5.74) is 1.28. The van der Waals surface area contributed by atoms with Gasteiger partial charge in [-0.25, -0.2) is 23.7 Å². The van der Waals surface area contributed by atoms with Crippen molar-refractivity contribution in [2.45, 2.75) is 12.5 Å². The van der Waals surface area contributed by atoms with Crippen LogP contribution in [0.1, 0.15) is 23.7 Å². The second-order valence-electron chi connectivity index (χ2n) is 9.23. The van der Waals surface area contributed by atoms with Crippen molar-refractivity contribution in [3.05, 3.63) is 83.7 Å². The fourth-order valence-electron chi connectivity index (χ4n) is 4.54. The zero-order valence-electron chi connectivity index (χ0n) is 20.9. The first-order valence-electron chi connectivity index (χ1n) is 12.0. The standard InChI is InChI=1S/C26H27F2N9O/c1-26(38,21-4-3-20(27)10-22(21)28)19-13-31-25(32-14-19)37-7-5-36(6-8-37)24(33-16-29)23-9-17(11-30-23)18-12-34-35(2)15-18/h3-4,9-16,29-30,38H,5-8H2,1-2H3/t26-/m0/s1. The maximum Gasteiger partial charge on any atom is 0.225 e. The Morgan fingerprint density at radius 2 is 1.84 bits per heavy atom. The average Bonchev–Trinajstić information content (AvgIpc) is 3.56. The van der Waals surface area contributed by atoms with Crippen LogP contribution in [0.5, 0.6) is 0 Å². The van der Waals surface area contributed by atoms with Crippen molar-refractivity contribution in [3.8, 4) is 11.1 Å². The van der Waals surface area contributed by atoms with Gasteiger partial charge >= 0.3 is 0 Å². The zero-order chi connectivity index (χ0) is 26.9. The number of anilines is 1. The molecule has 0 saturated carbocycles. The molecule has 1 saturated heterocycles. The smallest absolute Gasteiger partial charge is 0.225 e. The van der Waals surface area contributed by atoms with Gasteiger partial charge in [-0.1, -0.05) is 0 Å². The van der Waals surface area contributed by atoms with Crippen LogP contribution in [0.4, 0.5) is 14.7 Å². The molecule has 4 aromatic rings. The fraction of sp³-hybridized carbons (Fsp3) is 0.269. The Labute approximate surface area is 217 Å². The molecule has 1 aliphatic rings. The number of halogens is 2. The molecular weight excluding hydrogens is 492 g/mol. The maximum absolute atomic E-state index is 14.3. The summed E-state index contributed by atoms with van der Waals surface area (Å²) in [6.45, 7) is 3.88. The number of hydrogen-bond acceptors (Lipinski definition) is 6. The molecule has 12 heteroatoms. The van der Waals surface area contributed by atoms with E-state index < -0.39 is 17.2 Å². The monoisotopic (exact) mass is 519 g/mol. The van der Waals surface area contributed by atoms with Gasteiger partial charge in [0.1, 0.15) is 23.6 Å². The molecule has 10 nitrogen and oxygen atoms in total. The number of piperazine rings is 1. The van der Waals surface area contributed by atoms with Crippen molar-refractivity contribution in [1.82, 2.24) is 29.6 Å². The topological polar surface area (TPSA) is 122 Å². The Kier molecular flexibility index (Phi) is 6.72. The zero-order valence-corrected chi connectivity index (χ0v) is 20.9. The highest BCUT2D eigenvalue weighted by Gasteiger charge is 2.31. The van der Waals surface area contributed by atoms with Crippen LogP contribution < -0.4 is 4.90 Å². The predicted molar refractivity (Wildman–Crippen MR) is 139 cm³/mol. The van der Waals surface area contributed by atoms with E-state index in [1.54, 1.807) is 10.9 Å². The number of aromatic amines is 1. The van der Waals surface area contributed by atoms with Crippen LogP contribution in [-0.4, -0.2) is 73.1 Å². The van der Waals surface area contributed by atoms with Crippen LogP contribution in [-0.2, 0) is 12.6 Å². The number of amidine groups is 1. The van der Waals surface area contributed by atoms with Crippen molar-refractivity contribution < 1.29 is 13.9 Å². The lowest BCUT2D eigenvalue weighted by Crippen LogP contribution is -2.49. The van der Waals surface area contributed by atoms with Crippen LogP contribution in [0, 0.1) is 17.0 Å². The number of H-pyrrole nitrogens is 1. The molecule has 0 bridgehead atoms. The van der Waals surface area contributed by atoms with Gasteiger partial charge in [-0.3, -0.25) is 10.1 Å². The molecule has 5 rings (SSSR count). The van der Waals surface area contributed by atoms with Gasteiger partial charge in [0, 0.05) is 86.3 Å². The third-order valence-corrected chi connectivity index (χ3v) is 6.67. The summed E-state index contributed by atoms with van der Waals surface area (Å²) in [6, 6.07) is 5.05. The van der Waals surface area contributed by atoms with E-state index >= 15 is 0 Å². The lowest BCUT2D eigenvalue weighted by Gasteiger charge is -2.36. The molecule has 0 spiro atoms. The number of aliphatic imine (C=N–C) groups is 1. The van der Waals surface area contributed by atoms with Crippen LogP contribution in [0.3, 0.4) is 0 Å². The lowest BCUT2D eigenvalue weighted by atomic mass is 9.89. The molecule has 1 atom stereocenters. The van der Waals surface area contributed by atoms with Gasteiger partial charge in [-0.15, -0.1) is 0 Å². The summed E-state index contributed by atoms with van der Waals surface area (Å²) < 4.78 is 29.3. The molecule has 3 aromatic heterocycles. The minimum atomic E-state index is -1.72. The average molecular weight is 520 g/mol. The maximum atomic E-state index is 14.3. The Balaban J connectivity index is 1.27. The molecule has 0 radical (unpaired) electrons. The van der Waals surface area contributed by atoms with E-state index in [0.717, 1.165) is 35.3 Å². The van der Waals surface area contributed by atoms with E-state index in [1.165, 1.54) is 25.4 Å². The molecular formula is C26H27F2N9O. The minimum Gasteiger partial charge on any atom is -0.380 e. The summed E-state index contributed by atoms with van der Waals surface area (Å²) in [7, 11) is 1.86. The number of nitrogens with one attached hydrogen (secondary N) is 2. The first-order valence-corrected chi connectivity index (χ1v) is 12.0. The van der Waals surface area contributed by atoms with Gasteiger partial charge in [0.2, 0.25) is 5.95 Å². The molecule has 4 heterocycles. The van der Waals surface area contributed by atoms with Crippen molar-refractivity contribution >= 4 is 18.1 Å². The molecule has 1 fully saturated rings. The van der Waals surface area contributed by atoms with Crippen LogP contribution in [0.25, 0.3) is 11.1 Å². The number of hydrogen-bond donors (Lipinski definition) is 3. The SMILES string of the molecule is Cn1cc(-c2c[nH]c(C(=NC=N)N3CCN(c4ncc([C@](C)(O)c5ccc(F)cc5F)cn4)CC3)c2)cn1. The Hall–Kier alpha value is -4.45. The van der Waals surface area contributed by atoms with Crippen molar-refractivity contribution in [2.24, 2.45) is 12.0 Å². The fourth-order valence-corrected chi connectivity index (χ4v) is 4.54. The number of nitrogens with zero attached hydrogens (tertiary/aromatic N) is 7. The predicted octanol–water partition coefficient (Wildman–Crippen LogP) is 2.92. The normalized spacial score (nSPS) is 16.0. The first kappa shape index (κ1) is 25.2. The molecule has 1 aromatic carbocycles. The molecule has 0 unspecified atom stereocenters. The highest BCUT2D eigenvalue weighted by atomic mass is 19.1. The summed E-state index contributed by atoms with van der Waals surface area (Å²) in [4.78, 5) is 20.5. The first-order chi connectivity index (χ1) is 18.3. The van der Waals surface area contributed by atoms with E-state index in [1.807, 2.05) is 30.4 Å². The van der Waals surface area contributed by atoms with Gasteiger partial charge in [0.25, 0.3) is 0 Å². The van der Waals surface area contributed by atoms with Crippen molar-refractivity contribution in [2.75, 3.05) is 31.1 Å².